The highest BCUT2D eigenvalue weighted by Gasteiger charge is 2.24. The van der Waals surface area contributed by atoms with Crippen LogP contribution >= 0.6 is 0 Å². The Kier molecular flexibility index (Phi) is 10.7. The molecule has 0 bridgehead atoms. The van der Waals surface area contributed by atoms with Gasteiger partial charge in [-0.15, -0.1) is 0 Å². The van der Waals surface area contributed by atoms with Crippen molar-refractivity contribution in [1.29, 1.82) is 0 Å². The maximum atomic E-state index is 13.6. The van der Waals surface area contributed by atoms with Gasteiger partial charge in [-0.05, 0) is 52.6 Å². The lowest BCUT2D eigenvalue weighted by Crippen LogP contribution is -2.41. The van der Waals surface area contributed by atoms with Crippen LogP contribution in [0.25, 0.3) is 10.9 Å². The number of hydrogen-bond acceptors (Lipinski definition) is 6. The number of amides is 1. The second-order valence-electron chi connectivity index (χ2n) is 11.8. The van der Waals surface area contributed by atoms with Crippen LogP contribution in [0.1, 0.15) is 34.6 Å². The normalized spacial score (nSPS) is 14.1. The van der Waals surface area contributed by atoms with Crippen LogP contribution in [0.5, 0.6) is 17.2 Å². The Morgan fingerprint density at radius 2 is 1.62 bits per heavy atom. The van der Waals surface area contributed by atoms with Gasteiger partial charge in [0, 0.05) is 62.2 Å². The van der Waals surface area contributed by atoms with E-state index in [2.05, 4.69) is 63.4 Å². The molecule has 1 fully saturated rings. The molecule has 0 saturated carbocycles. The molecule has 2 heterocycles. The number of fused-ring (bicyclic) bond motifs is 1. The molecule has 1 N–H and O–H groups in total. The molecule has 8 nitrogen and oxygen atoms in total. The number of carbonyl (C=O) groups excluding carboxylic acids is 1. The molecular formula is C39H43N3O5. The fourth-order valence-electron chi connectivity index (χ4n) is 6.21. The molecule has 1 aromatic heterocycles. The van der Waals surface area contributed by atoms with Crippen LogP contribution in [-0.2, 0) is 22.7 Å². The second kappa shape index (κ2) is 15.7. The van der Waals surface area contributed by atoms with Crippen molar-refractivity contribution in [1.82, 2.24) is 14.8 Å². The van der Waals surface area contributed by atoms with Gasteiger partial charge in [0.05, 0.1) is 27.4 Å². The predicted octanol–water partition coefficient (Wildman–Crippen LogP) is 6.26. The lowest BCUT2D eigenvalue weighted by atomic mass is 9.87. The first kappa shape index (κ1) is 32.2. The summed E-state index contributed by atoms with van der Waals surface area (Å²) >= 11 is 0. The number of hydrogen-bond donors (Lipinski definition) is 1. The van der Waals surface area contributed by atoms with Gasteiger partial charge in [0.2, 0.25) is 5.91 Å². The number of morpholine rings is 1. The van der Waals surface area contributed by atoms with Crippen LogP contribution in [0.4, 0.5) is 0 Å². The molecule has 0 spiro atoms. The highest BCUT2D eigenvalue weighted by atomic mass is 16.5. The molecule has 8 heteroatoms. The molecule has 1 unspecified atom stereocenters. The zero-order chi connectivity index (χ0) is 32.4. The van der Waals surface area contributed by atoms with E-state index < -0.39 is 0 Å². The Bertz CT molecular complexity index is 1750. The monoisotopic (exact) mass is 633 g/mol. The van der Waals surface area contributed by atoms with Gasteiger partial charge in [0.1, 0.15) is 12.4 Å². The minimum absolute atomic E-state index is 0.0119. The van der Waals surface area contributed by atoms with Crippen molar-refractivity contribution in [2.45, 2.75) is 25.5 Å². The zero-order valence-electron chi connectivity index (χ0n) is 27.2. The molecule has 0 aliphatic carbocycles. The van der Waals surface area contributed by atoms with E-state index in [1.807, 2.05) is 54.6 Å². The van der Waals surface area contributed by atoms with Gasteiger partial charge in [0.25, 0.3) is 0 Å². The Balaban J connectivity index is 1.32. The van der Waals surface area contributed by atoms with Gasteiger partial charge in [-0.25, -0.2) is 0 Å². The summed E-state index contributed by atoms with van der Waals surface area (Å²) in [5.74, 6) is 1.92. The molecule has 1 saturated heterocycles. The number of para-hydroxylation sites is 1. The average Bonchev–Trinajstić information content (AvgIpc) is 3.48. The molecule has 1 amide bonds. The first-order chi connectivity index (χ1) is 23.1. The summed E-state index contributed by atoms with van der Waals surface area (Å²) in [6, 6.07) is 32.7. The summed E-state index contributed by atoms with van der Waals surface area (Å²) in [5.41, 5.74) is 5.43. The summed E-state index contributed by atoms with van der Waals surface area (Å²) in [5, 5.41) is 4.31. The topological polar surface area (TPSA) is 74.2 Å². The molecule has 47 heavy (non-hydrogen) atoms. The van der Waals surface area contributed by atoms with E-state index in [1.165, 1.54) is 0 Å². The molecule has 1 aliphatic rings. The van der Waals surface area contributed by atoms with E-state index in [0.29, 0.717) is 37.6 Å². The molecular weight excluding hydrogens is 590 g/mol. The van der Waals surface area contributed by atoms with Crippen molar-refractivity contribution >= 4 is 16.8 Å². The highest BCUT2D eigenvalue weighted by Crippen LogP contribution is 2.39. The Morgan fingerprint density at radius 3 is 2.38 bits per heavy atom. The standard InChI is InChI=1S/C39H43N3O5/c1-44-32-15-12-29(13-16-32)26-42-27-35(33-10-6-7-11-36(33)42)34(25-39(43)40-18-19-41-20-22-46-23-21-41)31-14-17-37(45-2)38(24-31)47-28-30-8-4-3-5-9-30/h3-17,24,27,34H,18-23,25-26,28H2,1-2H3,(H,40,43). The van der Waals surface area contributed by atoms with E-state index in [4.69, 9.17) is 18.9 Å². The number of methoxy groups -OCH3 is 2. The van der Waals surface area contributed by atoms with Gasteiger partial charge in [-0.3, -0.25) is 9.69 Å². The van der Waals surface area contributed by atoms with Gasteiger partial charge >= 0.3 is 0 Å². The van der Waals surface area contributed by atoms with Crippen molar-refractivity contribution in [3.8, 4) is 17.2 Å². The van der Waals surface area contributed by atoms with Crippen molar-refractivity contribution in [2.24, 2.45) is 0 Å². The highest BCUT2D eigenvalue weighted by molar-refractivity contribution is 5.87. The summed E-state index contributed by atoms with van der Waals surface area (Å²) in [7, 11) is 3.33. The third-order valence-corrected chi connectivity index (χ3v) is 8.78. The fraction of sp³-hybridized carbons (Fsp3) is 0.308. The first-order valence-corrected chi connectivity index (χ1v) is 16.2. The number of rotatable bonds is 14. The molecule has 5 aromatic rings. The largest absolute Gasteiger partial charge is 0.497 e. The van der Waals surface area contributed by atoms with Gasteiger partial charge in [0.15, 0.2) is 11.5 Å². The van der Waals surface area contributed by atoms with E-state index in [9.17, 15) is 4.79 Å². The molecule has 0 radical (unpaired) electrons. The van der Waals surface area contributed by atoms with Crippen molar-refractivity contribution < 1.29 is 23.7 Å². The van der Waals surface area contributed by atoms with E-state index in [0.717, 1.165) is 71.8 Å². The fourth-order valence-corrected chi connectivity index (χ4v) is 6.21. The quantitative estimate of drug-likeness (QED) is 0.156. The summed E-state index contributed by atoms with van der Waals surface area (Å²) in [6.07, 6.45) is 2.50. The van der Waals surface area contributed by atoms with Crippen LogP contribution < -0.4 is 19.5 Å². The van der Waals surface area contributed by atoms with E-state index >= 15 is 0 Å². The third-order valence-electron chi connectivity index (χ3n) is 8.78. The maximum Gasteiger partial charge on any atom is 0.220 e. The molecule has 1 aliphatic heterocycles. The zero-order valence-corrected chi connectivity index (χ0v) is 27.2. The molecule has 244 valence electrons. The summed E-state index contributed by atoms with van der Waals surface area (Å²) in [4.78, 5) is 16.0. The van der Waals surface area contributed by atoms with Crippen LogP contribution in [0, 0.1) is 0 Å². The first-order valence-electron chi connectivity index (χ1n) is 16.2. The number of carbonyl (C=O) groups is 1. The van der Waals surface area contributed by atoms with Crippen LogP contribution in [0.3, 0.4) is 0 Å². The predicted molar refractivity (Wildman–Crippen MR) is 185 cm³/mol. The smallest absolute Gasteiger partial charge is 0.220 e. The molecule has 6 rings (SSSR count). The minimum Gasteiger partial charge on any atom is -0.497 e. The van der Waals surface area contributed by atoms with Crippen molar-refractivity contribution in [3.63, 3.8) is 0 Å². The summed E-state index contributed by atoms with van der Waals surface area (Å²) < 4.78 is 25.1. The number of benzene rings is 4. The van der Waals surface area contributed by atoms with E-state index in [1.54, 1.807) is 14.2 Å². The van der Waals surface area contributed by atoms with Gasteiger partial charge in [-0.1, -0.05) is 66.7 Å². The average molecular weight is 634 g/mol. The van der Waals surface area contributed by atoms with Gasteiger partial charge in [-0.2, -0.15) is 0 Å². The number of nitrogens with one attached hydrogen (secondary N) is 1. The third kappa shape index (κ3) is 8.14. The van der Waals surface area contributed by atoms with E-state index in [-0.39, 0.29) is 11.8 Å². The lowest BCUT2D eigenvalue weighted by Gasteiger charge is -2.26. The second-order valence-corrected chi connectivity index (χ2v) is 11.8. The number of nitrogens with zero attached hydrogens (tertiary/aromatic N) is 2. The van der Waals surface area contributed by atoms with Crippen LogP contribution in [0.2, 0.25) is 0 Å². The molecule has 4 aromatic carbocycles. The minimum atomic E-state index is -0.217. The number of aromatic nitrogens is 1. The van der Waals surface area contributed by atoms with Crippen LogP contribution in [0.15, 0.2) is 103 Å². The van der Waals surface area contributed by atoms with Crippen molar-refractivity contribution in [3.05, 3.63) is 126 Å². The maximum absolute atomic E-state index is 13.6. The Morgan fingerprint density at radius 1 is 0.851 bits per heavy atom. The van der Waals surface area contributed by atoms with Crippen molar-refractivity contribution in [2.75, 3.05) is 53.6 Å². The molecule has 1 atom stereocenters. The summed E-state index contributed by atoms with van der Waals surface area (Å²) in [6.45, 7) is 5.77. The Hall–Kier alpha value is -4.79. The SMILES string of the molecule is COc1ccc(Cn2cc(C(CC(=O)NCCN3CCOCC3)c3ccc(OC)c(OCc4ccccc4)c3)c3ccccc32)cc1. The van der Waals surface area contributed by atoms with Gasteiger partial charge < -0.3 is 28.8 Å². The Labute approximate surface area is 276 Å². The lowest BCUT2D eigenvalue weighted by molar-refractivity contribution is -0.121. The number of ether oxygens (including phenoxy) is 4. The van der Waals surface area contributed by atoms with Crippen LogP contribution in [-0.4, -0.2) is 69.0 Å².